The zero-order chi connectivity index (χ0) is 25.9. The number of esters is 1. The molecule has 1 aliphatic carbocycles. The number of hydrogen-bond donors (Lipinski definition) is 1. The van der Waals surface area contributed by atoms with E-state index in [0.29, 0.717) is 16.3 Å². The van der Waals surface area contributed by atoms with Gasteiger partial charge in [-0.25, -0.2) is 13.2 Å². The highest BCUT2D eigenvalue weighted by atomic mass is 32.2. The monoisotopic (exact) mass is 528 g/mol. The minimum Gasteiger partial charge on any atom is -0.495 e. The van der Waals surface area contributed by atoms with Gasteiger partial charge in [-0.3, -0.25) is 9.10 Å². The number of nitrogens with zero attached hydrogens (tertiary/aromatic N) is 1. The highest BCUT2D eigenvalue weighted by molar-refractivity contribution is 7.92. The van der Waals surface area contributed by atoms with Crippen LogP contribution in [0.5, 0.6) is 5.75 Å². The number of amides is 1. The molecule has 0 atom stereocenters. The maximum absolute atomic E-state index is 13.7. The van der Waals surface area contributed by atoms with Crippen molar-refractivity contribution in [3.63, 3.8) is 0 Å². The van der Waals surface area contributed by atoms with Crippen molar-refractivity contribution in [2.45, 2.75) is 38.0 Å². The third-order valence-electron chi connectivity index (χ3n) is 5.90. The molecule has 1 heterocycles. The molecular formula is C26H28N2O6S2. The molecule has 0 radical (unpaired) electrons. The Labute approximate surface area is 214 Å². The Kier molecular flexibility index (Phi) is 7.65. The van der Waals surface area contributed by atoms with Crippen molar-refractivity contribution in [3.8, 4) is 5.75 Å². The van der Waals surface area contributed by atoms with Crippen molar-refractivity contribution < 1.29 is 27.5 Å². The molecule has 36 heavy (non-hydrogen) atoms. The van der Waals surface area contributed by atoms with Gasteiger partial charge in [0.1, 0.15) is 17.3 Å². The van der Waals surface area contributed by atoms with E-state index in [9.17, 15) is 18.0 Å². The minimum atomic E-state index is -4.12. The molecule has 0 fully saturated rings. The number of rotatable bonds is 9. The number of sulfonamides is 1. The van der Waals surface area contributed by atoms with Gasteiger partial charge in [-0.15, -0.1) is 11.3 Å². The first kappa shape index (κ1) is 25.7. The molecule has 0 unspecified atom stereocenters. The zero-order valence-electron chi connectivity index (χ0n) is 20.4. The zero-order valence-corrected chi connectivity index (χ0v) is 22.0. The number of ether oxygens (including phenoxy) is 2. The fraction of sp³-hybridized carbons (Fsp3) is 0.308. The maximum Gasteiger partial charge on any atom is 0.341 e. The predicted octanol–water partition coefficient (Wildman–Crippen LogP) is 4.56. The summed E-state index contributed by atoms with van der Waals surface area (Å²) in [6, 6.07) is 13.0. The van der Waals surface area contributed by atoms with E-state index in [1.165, 1.54) is 30.6 Å². The van der Waals surface area contributed by atoms with E-state index < -0.39 is 28.4 Å². The molecule has 1 amide bonds. The fourth-order valence-electron chi connectivity index (χ4n) is 4.18. The molecule has 3 aromatic rings. The summed E-state index contributed by atoms with van der Waals surface area (Å²) >= 11 is 1.34. The van der Waals surface area contributed by atoms with Crippen LogP contribution in [0.15, 0.2) is 53.4 Å². The van der Waals surface area contributed by atoms with Crippen LogP contribution >= 0.6 is 11.3 Å². The summed E-state index contributed by atoms with van der Waals surface area (Å²) in [6.07, 6.45) is 2.51. The van der Waals surface area contributed by atoms with E-state index in [2.05, 4.69) is 5.32 Å². The standard InChI is InChI=1S/C26H28N2O6S2/c1-4-34-26(30)24-19-8-7-11-22(19)35-25(24)27-23(29)16-28(20-9-5-6-10-21(20)33-3)36(31,32)18-14-12-17(2)13-15-18/h5-6,9-10,12-15H,4,7-8,11,16H2,1-3H3,(H,27,29). The Hall–Kier alpha value is -3.37. The molecule has 0 bridgehead atoms. The van der Waals surface area contributed by atoms with Gasteiger partial charge < -0.3 is 14.8 Å². The number of carbonyl (C=O) groups is 2. The summed E-state index contributed by atoms with van der Waals surface area (Å²) in [5.74, 6) is -0.758. The summed E-state index contributed by atoms with van der Waals surface area (Å²) in [5.41, 5.74) is 2.42. The lowest BCUT2D eigenvalue weighted by atomic mass is 10.1. The maximum atomic E-state index is 13.7. The molecule has 0 spiro atoms. The van der Waals surface area contributed by atoms with Crippen molar-refractivity contribution in [3.05, 3.63) is 70.1 Å². The first-order valence-electron chi connectivity index (χ1n) is 11.6. The van der Waals surface area contributed by atoms with Crippen LogP contribution in [0, 0.1) is 6.92 Å². The second-order valence-corrected chi connectivity index (χ2v) is 11.3. The number of anilines is 2. The average Bonchev–Trinajstić information content (AvgIpc) is 3.43. The lowest BCUT2D eigenvalue weighted by Crippen LogP contribution is -2.38. The highest BCUT2D eigenvalue weighted by Crippen LogP contribution is 2.40. The number of thiophene rings is 1. The highest BCUT2D eigenvalue weighted by Gasteiger charge is 2.32. The van der Waals surface area contributed by atoms with Crippen LogP contribution in [-0.2, 0) is 32.4 Å². The number of benzene rings is 2. The Morgan fingerprint density at radius 2 is 1.81 bits per heavy atom. The largest absolute Gasteiger partial charge is 0.495 e. The van der Waals surface area contributed by atoms with Gasteiger partial charge in [-0.2, -0.15) is 0 Å². The molecule has 1 aromatic heterocycles. The van der Waals surface area contributed by atoms with Gasteiger partial charge in [0.05, 0.1) is 29.9 Å². The molecular weight excluding hydrogens is 500 g/mol. The number of methoxy groups -OCH3 is 1. The molecule has 0 aliphatic heterocycles. The normalized spacial score (nSPS) is 12.6. The number of para-hydroxylation sites is 2. The topological polar surface area (TPSA) is 102 Å². The first-order valence-corrected chi connectivity index (χ1v) is 13.9. The predicted molar refractivity (Wildman–Crippen MR) is 140 cm³/mol. The third-order valence-corrected chi connectivity index (χ3v) is 8.89. The van der Waals surface area contributed by atoms with Crippen molar-refractivity contribution in [2.75, 3.05) is 29.9 Å². The molecule has 10 heteroatoms. The Balaban J connectivity index is 1.69. The minimum absolute atomic E-state index is 0.0501. The van der Waals surface area contributed by atoms with Crippen molar-refractivity contribution in [2.24, 2.45) is 0 Å². The SMILES string of the molecule is CCOC(=O)c1c(NC(=O)CN(c2ccccc2OC)S(=O)(=O)c2ccc(C)cc2)sc2c1CCC2. The van der Waals surface area contributed by atoms with E-state index in [1.807, 2.05) is 6.92 Å². The van der Waals surface area contributed by atoms with Crippen LogP contribution < -0.4 is 14.4 Å². The lowest BCUT2D eigenvalue weighted by molar-refractivity contribution is -0.114. The summed E-state index contributed by atoms with van der Waals surface area (Å²) in [6.45, 7) is 3.29. The smallest absolute Gasteiger partial charge is 0.341 e. The summed E-state index contributed by atoms with van der Waals surface area (Å²) < 4.78 is 39.0. The van der Waals surface area contributed by atoms with Crippen LogP contribution in [0.1, 0.15) is 39.7 Å². The summed E-state index contributed by atoms with van der Waals surface area (Å²) in [7, 11) is -2.68. The van der Waals surface area contributed by atoms with Crippen LogP contribution in [0.4, 0.5) is 10.7 Å². The van der Waals surface area contributed by atoms with Crippen LogP contribution in [-0.4, -0.2) is 40.6 Å². The molecule has 1 aliphatic rings. The van der Waals surface area contributed by atoms with E-state index in [-0.39, 0.29) is 17.2 Å². The number of aryl methyl sites for hydroxylation is 2. The number of nitrogens with one attached hydrogen (secondary N) is 1. The summed E-state index contributed by atoms with van der Waals surface area (Å²) in [4.78, 5) is 27.1. The molecule has 8 nitrogen and oxygen atoms in total. The van der Waals surface area contributed by atoms with Crippen LogP contribution in [0.2, 0.25) is 0 Å². The van der Waals surface area contributed by atoms with E-state index in [4.69, 9.17) is 9.47 Å². The quantitative estimate of drug-likeness (QED) is 0.409. The van der Waals surface area contributed by atoms with E-state index >= 15 is 0 Å². The number of fused-ring (bicyclic) bond motifs is 1. The first-order chi connectivity index (χ1) is 17.3. The van der Waals surface area contributed by atoms with E-state index in [0.717, 1.165) is 39.6 Å². The molecule has 4 rings (SSSR count). The molecule has 190 valence electrons. The molecule has 1 N–H and O–H groups in total. The lowest BCUT2D eigenvalue weighted by Gasteiger charge is -2.25. The second kappa shape index (κ2) is 10.7. The molecule has 0 saturated heterocycles. The second-order valence-electron chi connectivity index (χ2n) is 8.33. The summed E-state index contributed by atoms with van der Waals surface area (Å²) in [5, 5.41) is 3.17. The van der Waals surface area contributed by atoms with Crippen molar-refractivity contribution in [1.29, 1.82) is 0 Å². The van der Waals surface area contributed by atoms with Gasteiger partial charge in [-0.1, -0.05) is 29.8 Å². The third kappa shape index (κ3) is 5.10. The Morgan fingerprint density at radius 3 is 2.50 bits per heavy atom. The van der Waals surface area contributed by atoms with Gasteiger partial charge in [-0.05, 0) is 62.9 Å². The molecule has 2 aromatic carbocycles. The van der Waals surface area contributed by atoms with E-state index in [1.54, 1.807) is 43.3 Å². The van der Waals surface area contributed by atoms with Gasteiger partial charge in [0.25, 0.3) is 10.0 Å². The van der Waals surface area contributed by atoms with Crippen LogP contribution in [0.25, 0.3) is 0 Å². The van der Waals surface area contributed by atoms with Crippen molar-refractivity contribution >= 4 is 43.9 Å². The van der Waals surface area contributed by atoms with Gasteiger partial charge in [0.2, 0.25) is 5.91 Å². The Bertz CT molecular complexity index is 1380. The number of carbonyl (C=O) groups excluding carboxylic acids is 2. The van der Waals surface area contributed by atoms with Gasteiger partial charge in [0, 0.05) is 4.88 Å². The van der Waals surface area contributed by atoms with Crippen molar-refractivity contribution in [1.82, 2.24) is 0 Å². The number of hydrogen-bond acceptors (Lipinski definition) is 7. The Morgan fingerprint density at radius 1 is 1.08 bits per heavy atom. The van der Waals surface area contributed by atoms with Gasteiger partial charge >= 0.3 is 5.97 Å². The molecule has 0 saturated carbocycles. The average molecular weight is 529 g/mol. The fourth-order valence-corrected chi connectivity index (χ4v) is 6.91. The van der Waals surface area contributed by atoms with Crippen LogP contribution in [0.3, 0.4) is 0 Å². The van der Waals surface area contributed by atoms with Gasteiger partial charge in [0.15, 0.2) is 0 Å².